The molecule has 1 saturated heterocycles. The van der Waals surface area contributed by atoms with Crippen LogP contribution in [0.5, 0.6) is 0 Å². The zero-order chi connectivity index (χ0) is 18.5. The maximum atomic E-state index is 12.5. The van der Waals surface area contributed by atoms with Gasteiger partial charge in [-0.05, 0) is 19.1 Å². The quantitative estimate of drug-likeness (QED) is 0.839. The monoisotopic (exact) mass is 358 g/mol. The average molecular weight is 358 g/mol. The van der Waals surface area contributed by atoms with Crippen molar-refractivity contribution < 1.29 is 9.53 Å². The van der Waals surface area contributed by atoms with Crippen LogP contribution in [0.1, 0.15) is 5.69 Å². The van der Waals surface area contributed by atoms with Crippen LogP contribution in [0, 0.1) is 6.92 Å². The molecule has 3 heterocycles. The molecule has 2 N–H and O–H groups in total. The molecule has 0 radical (unpaired) electrons. The highest BCUT2D eigenvalue weighted by molar-refractivity contribution is 5.89. The van der Waals surface area contributed by atoms with Gasteiger partial charge in [0.25, 0.3) is 5.56 Å². The van der Waals surface area contributed by atoms with Crippen molar-refractivity contribution in [2.75, 3.05) is 36.9 Å². The van der Waals surface area contributed by atoms with E-state index in [0.29, 0.717) is 31.9 Å². The van der Waals surface area contributed by atoms with E-state index in [9.17, 15) is 9.59 Å². The number of ether oxygens (including phenoxy) is 1. The van der Waals surface area contributed by atoms with Gasteiger partial charge in [0.1, 0.15) is 0 Å². The Hall–Kier alpha value is -2.94. The number of hydrogen-bond acceptors (Lipinski definition) is 6. The lowest BCUT2D eigenvalue weighted by Gasteiger charge is -2.33. The third-order valence-corrected chi connectivity index (χ3v) is 4.09. The number of aryl methyl sites for hydroxylation is 2. The number of morpholine rings is 1. The Morgan fingerprint density at radius 3 is 3.04 bits per heavy atom. The summed E-state index contributed by atoms with van der Waals surface area (Å²) < 4.78 is 7.14. The molecule has 2 aromatic heterocycles. The number of anilines is 2. The van der Waals surface area contributed by atoms with Crippen LogP contribution in [0.4, 0.5) is 16.3 Å². The number of carbonyl (C=O) groups is 1. The van der Waals surface area contributed by atoms with Gasteiger partial charge < -0.3 is 24.8 Å². The first-order valence-electron chi connectivity index (χ1n) is 8.38. The van der Waals surface area contributed by atoms with Crippen LogP contribution in [0.3, 0.4) is 0 Å². The van der Waals surface area contributed by atoms with Gasteiger partial charge in [0.05, 0.1) is 19.3 Å². The lowest BCUT2D eigenvalue weighted by atomic mass is 10.2. The number of nitrogens with one attached hydrogen (secondary N) is 2. The fourth-order valence-corrected chi connectivity index (χ4v) is 2.68. The van der Waals surface area contributed by atoms with E-state index >= 15 is 0 Å². The fourth-order valence-electron chi connectivity index (χ4n) is 2.68. The van der Waals surface area contributed by atoms with Gasteiger partial charge in [-0.15, -0.1) is 0 Å². The highest BCUT2D eigenvalue weighted by atomic mass is 16.5. The highest BCUT2D eigenvalue weighted by Gasteiger charge is 2.24. The smallest absolute Gasteiger partial charge is 0.322 e. The SMILES string of the molecule is Cc1cc(NC(=O)N2CCO[C@@H](CNc3nccn(C)c3=O)C2)ccn1. The second-order valence-corrected chi connectivity index (χ2v) is 6.13. The number of pyridine rings is 1. The van der Waals surface area contributed by atoms with Crippen molar-refractivity contribution in [1.82, 2.24) is 19.4 Å². The van der Waals surface area contributed by atoms with Gasteiger partial charge in [0, 0.05) is 50.1 Å². The summed E-state index contributed by atoms with van der Waals surface area (Å²) in [5.74, 6) is 0.271. The molecule has 0 spiro atoms. The summed E-state index contributed by atoms with van der Waals surface area (Å²) in [6.07, 6.45) is 4.59. The van der Waals surface area contributed by atoms with Gasteiger partial charge in [0.2, 0.25) is 0 Å². The summed E-state index contributed by atoms with van der Waals surface area (Å²) >= 11 is 0. The minimum Gasteiger partial charge on any atom is -0.373 e. The summed E-state index contributed by atoms with van der Waals surface area (Å²) in [6, 6.07) is 3.38. The van der Waals surface area contributed by atoms with Crippen LogP contribution in [-0.2, 0) is 11.8 Å². The number of carbonyl (C=O) groups excluding carboxylic acids is 1. The van der Waals surface area contributed by atoms with Crippen molar-refractivity contribution in [2.45, 2.75) is 13.0 Å². The molecule has 9 nitrogen and oxygen atoms in total. The van der Waals surface area contributed by atoms with E-state index in [2.05, 4.69) is 20.6 Å². The van der Waals surface area contributed by atoms with E-state index in [1.807, 2.05) is 13.0 Å². The van der Waals surface area contributed by atoms with Crippen molar-refractivity contribution >= 4 is 17.5 Å². The van der Waals surface area contributed by atoms with Gasteiger partial charge in [-0.25, -0.2) is 9.78 Å². The average Bonchev–Trinajstić information content (AvgIpc) is 2.63. The first-order valence-corrected chi connectivity index (χ1v) is 8.38. The first kappa shape index (κ1) is 17.9. The molecule has 0 bridgehead atoms. The molecule has 0 aliphatic carbocycles. The van der Waals surface area contributed by atoms with Gasteiger partial charge in [-0.3, -0.25) is 9.78 Å². The molecule has 2 aromatic rings. The highest BCUT2D eigenvalue weighted by Crippen LogP contribution is 2.11. The third kappa shape index (κ3) is 4.37. The second-order valence-electron chi connectivity index (χ2n) is 6.13. The van der Waals surface area contributed by atoms with Crippen molar-refractivity contribution in [2.24, 2.45) is 7.05 Å². The summed E-state index contributed by atoms with van der Waals surface area (Å²) in [5.41, 5.74) is 1.34. The van der Waals surface area contributed by atoms with E-state index in [1.54, 1.807) is 36.6 Å². The van der Waals surface area contributed by atoms with Crippen LogP contribution in [0.15, 0.2) is 35.5 Å². The van der Waals surface area contributed by atoms with Crippen molar-refractivity contribution in [1.29, 1.82) is 0 Å². The molecule has 2 amide bonds. The van der Waals surface area contributed by atoms with Gasteiger partial charge in [0.15, 0.2) is 5.82 Å². The Morgan fingerprint density at radius 2 is 2.23 bits per heavy atom. The Labute approximate surface area is 151 Å². The van der Waals surface area contributed by atoms with Crippen LogP contribution in [0.2, 0.25) is 0 Å². The lowest BCUT2D eigenvalue weighted by Crippen LogP contribution is -2.49. The molecule has 1 atom stereocenters. The number of hydrogen-bond donors (Lipinski definition) is 2. The number of urea groups is 1. The van der Waals surface area contributed by atoms with Crippen molar-refractivity contribution in [3.8, 4) is 0 Å². The second kappa shape index (κ2) is 7.96. The molecule has 0 saturated carbocycles. The molecule has 3 rings (SSSR count). The number of rotatable bonds is 4. The minimum absolute atomic E-state index is 0.183. The molecule has 138 valence electrons. The molecule has 26 heavy (non-hydrogen) atoms. The van der Waals surface area contributed by atoms with Crippen LogP contribution >= 0.6 is 0 Å². The Balaban J connectivity index is 1.56. The predicted octanol–water partition coefficient (Wildman–Crippen LogP) is 0.829. The summed E-state index contributed by atoms with van der Waals surface area (Å²) in [4.78, 5) is 34.3. The van der Waals surface area contributed by atoms with E-state index in [1.165, 1.54) is 4.57 Å². The van der Waals surface area contributed by atoms with Crippen molar-refractivity contribution in [3.05, 3.63) is 46.8 Å². The van der Waals surface area contributed by atoms with Crippen LogP contribution < -0.4 is 16.2 Å². The third-order valence-electron chi connectivity index (χ3n) is 4.09. The maximum Gasteiger partial charge on any atom is 0.322 e. The minimum atomic E-state index is -0.222. The zero-order valence-corrected chi connectivity index (χ0v) is 14.8. The fraction of sp³-hybridized carbons (Fsp3) is 0.412. The lowest BCUT2D eigenvalue weighted by molar-refractivity contribution is -0.00450. The van der Waals surface area contributed by atoms with E-state index in [4.69, 9.17) is 4.74 Å². The van der Waals surface area contributed by atoms with Crippen molar-refractivity contribution in [3.63, 3.8) is 0 Å². The van der Waals surface area contributed by atoms with Gasteiger partial charge >= 0.3 is 6.03 Å². The molecular weight excluding hydrogens is 336 g/mol. The summed E-state index contributed by atoms with van der Waals surface area (Å²) in [6.45, 7) is 3.64. The molecular formula is C17H22N6O3. The van der Waals surface area contributed by atoms with Gasteiger partial charge in [-0.2, -0.15) is 0 Å². The van der Waals surface area contributed by atoms with Crippen LogP contribution in [-0.4, -0.2) is 57.8 Å². The number of amides is 2. The first-order chi connectivity index (χ1) is 12.5. The van der Waals surface area contributed by atoms with E-state index in [0.717, 1.165) is 5.69 Å². The normalized spacial score (nSPS) is 17.0. The Bertz CT molecular complexity index is 837. The molecule has 0 unspecified atom stereocenters. The number of nitrogens with zero attached hydrogens (tertiary/aromatic N) is 4. The molecule has 1 aliphatic rings. The van der Waals surface area contributed by atoms with Crippen LogP contribution in [0.25, 0.3) is 0 Å². The molecule has 1 fully saturated rings. The number of aromatic nitrogens is 3. The Kier molecular flexibility index (Phi) is 5.47. The summed E-state index contributed by atoms with van der Waals surface area (Å²) in [7, 11) is 1.67. The summed E-state index contributed by atoms with van der Waals surface area (Å²) in [5, 5.41) is 5.87. The standard InChI is InChI=1S/C17H22N6O3/c1-12-9-13(3-4-18-12)21-17(25)23-7-8-26-14(11-23)10-20-15-16(24)22(2)6-5-19-15/h3-6,9,14H,7-8,10-11H2,1-2H3,(H,19,20)(H,18,21,25)/t14-/m0/s1. The molecule has 0 aromatic carbocycles. The molecule has 9 heteroatoms. The van der Waals surface area contributed by atoms with Gasteiger partial charge in [-0.1, -0.05) is 0 Å². The topological polar surface area (TPSA) is 101 Å². The van der Waals surface area contributed by atoms with E-state index < -0.39 is 0 Å². The molecule has 1 aliphatic heterocycles. The Morgan fingerprint density at radius 1 is 1.38 bits per heavy atom. The zero-order valence-electron chi connectivity index (χ0n) is 14.8. The predicted molar refractivity (Wildman–Crippen MR) is 97.3 cm³/mol. The maximum absolute atomic E-state index is 12.5. The van der Waals surface area contributed by atoms with E-state index in [-0.39, 0.29) is 23.5 Å². The largest absolute Gasteiger partial charge is 0.373 e.